The summed E-state index contributed by atoms with van der Waals surface area (Å²) in [5.74, 6) is -5.47. The summed E-state index contributed by atoms with van der Waals surface area (Å²) in [4.78, 5) is 42.6. The summed E-state index contributed by atoms with van der Waals surface area (Å²) in [7, 11) is 0. The predicted octanol–water partition coefficient (Wildman–Crippen LogP) is 0.392. The molecule has 10 heteroatoms. The van der Waals surface area contributed by atoms with E-state index in [1.54, 1.807) is 5.32 Å². The van der Waals surface area contributed by atoms with Crippen LogP contribution in [0.15, 0.2) is 18.2 Å². The Bertz CT molecular complexity index is 617. The number of nitrogens with one attached hydrogen (secondary N) is 1. The smallest absolute Gasteiger partial charge is 0.326 e. The Morgan fingerprint density at radius 2 is 1.95 bits per heavy atom. The van der Waals surface area contributed by atoms with E-state index in [0.29, 0.717) is 12.1 Å². The third-order valence-corrected chi connectivity index (χ3v) is 2.39. The minimum Gasteiger partial charge on any atom is -0.481 e. The van der Waals surface area contributed by atoms with Crippen molar-refractivity contribution in [3.05, 3.63) is 39.7 Å². The second-order valence-electron chi connectivity index (χ2n) is 3.88. The molecule has 1 amide bonds. The number of hydrogen-bond donors (Lipinski definition) is 3. The SMILES string of the molecule is O=C(O)C[C@@H](NC(=O)c1cc([N+](=O)[O-])ccc1F)C(=O)O. The van der Waals surface area contributed by atoms with Crippen molar-refractivity contribution in [2.45, 2.75) is 12.5 Å². The number of hydrogen-bond acceptors (Lipinski definition) is 5. The fourth-order valence-corrected chi connectivity index (χ4v) is 1.41. The first-order valence-corrected chi connectivity index (χ1v) is 5.41. The number of nitro groups is 1. The second kappa shape index (κ2) is 6.41. The zero-order valence-corrected chi connectivity index (χ0v) is 10.3. The minimum atomic E-state index is -1.78. The summed E-state index contributed by atoms with van der Waals surface area (Å²) < 4.78 is 13.5. The number of non-ortho nitro benzene ring substituents is 1. The van der Waals surface area contributed by atoms with Gasteiger partial charge in [-0.15, -0.1) is 0 Å². The molecule has 1 aromatic carbocycles. The fraction of sp³-hybridized carbons (Fsp3) is 0.182. The van der Waals surface area contributed by atoms with Crippen molar-refractivity contribution < 1.29 is 33.9 Å². The van der Waals surface area contributed by atoms with E-state index in [1.807, 2.05) is 0 Å². The molecule has 9 nitrogen and oxygen atoms in total. The lowest BCUT2D eigenvalue weighted by Crippen LogP contribution is -2.42. The van der Waals surface area contributed by atoms with E-state index in [1.165, 1.54) is 0 Å². The zero-order valence-electron chi connectivity index (χ0n) is 10.3. The Morgan fingerprint density at radius 1 is 1.33 bits per heavy atom. The molecule has 0 aliphatic rings. The number of carbonyl (C=O) groups excluding carboxylic acids is 1. The Balaban J connectivity index is 3.02. The topological polar surface area (TPSA) is 147 Å². The van der Waals surface area contributed by atoms with E-state index in [0.717, 1.165) is 6.07 Å². The van der Waals surface area contributed by atoms with Crippen molar-refractivity contribution in [3.63, 3.8) is 0 Å². The van der Waals surface area contributed by atoms with Crippen LogP contribution in [0, 0.1) is 15.9 Å². The Morgan fingerprint density at radius 3 is 2.43 bits per heavy atom. The van der Waals surface area contributed by atoms with Gasteiger partial charge in [-0.05, 0) is 6.07 Å². The number of carboxylic acids is 2. The summed E-state index contributed by atoms with van der Waals surface area (Å²) in [5.41, 5.74) is -1.31. The molecule has 0 saturated carbocycles. The standard InChI is InChI=1S/C11H9FN2O7/c12-7-2-1-5(14(20)21)3-6(7)10(17)13-8(11(18)19)4-9(15)16/h1-3,8H,4H2,(H,13,17)(H,15,16)(H,18,19)/t8-/m1/s1. The number of aliphatic carboxylic acids is 2. The first-order chi connectivity index (χ1) is 9.72. The van der Waals surface area contributed by atoms with Crippen molar-refractivity contribution in [2.75, 3.05) is 0 Å². The molecule has 3 N–H and O–H groups in total. The van der Waals surface area contributed by atoms with E-state index in [4.69, 9.17) is 10.2 Å². The zero-order chi connectivity index (χ0) is 16.2. The van der Waals surface area contributed by atoms with Crippen LogP contribution in [0.5, 0.6) is 0 Å². The van der Waals surface area contributed by atoms with Crippen LogP contribution in [-0.4, -0.2) is 39.0 Å². The number of amides is 1. The molecule has 1 rings (SSSR count). The van der Waals surface area contributed by atoms with E-state index in [-0.39, 0.29) is 0 Å². The number of rotatable bonds is 6. The molecule has 0 radical (unpaired) electrons. The molecule has 21 heavy (non-hydrogen) atoms. The molecule has 0 aliphatic heterocycles. The quantitative estimate of drug-likeness (QED) is 0.508. The molecule has 112 valence electrons. The molecule has 0 spiro atoms. The fourth-order valence-electron chi connectivity index (χ4n) is 1.41. The number of nitrogens with zero attached hydrogens (tertiary/aromatic N) is 1. The number of carbonyl (C=O) groups is 3. The number of halogens is 1. The second-order valence-corrected chi connectivity index (χ2v) is 3.88. The molecule has 0 heterocycles. The van der Waals surface area contributed by atoms with Gasteiger partial charge in [0, 0.05) is 12.1 Å². The van der Waals surface area contributed by atoms with Crippen LogP contribution in [0.2, 0.25) is 0 Å². The molecule has 0 unspecified atom stereocenters. The summed E-state index contributed by atoms with van der Waals surface area (Å²) in [6.07, 6.45) is -0.919. The van der Waals surface area contributed by atoms with Crippen LogP contribution in [0.25, 0.3) is 0 Å². The van der Waals surface area contributed by atoms with Gasteiger partial charge in [0.05, 0.1) is 16.9 Å². The van der Waals surface area contributed by atoms with E-state index >= 15 is 0 Å². The van der Waals surface area contributed by atoms with Crippen molar-refractivity contribution in [1.82, 2.24) is 5.32 Å². The Labute approximate surface area is 116 Å². The highest BCUT2D eigenvalue weighted by Crippen LogP contribution is 2.17. The van der Waals surface area contributed by atoms with Crippen LogP contribution in [0.4, 0.5) is 10.1 Å². The minimum absolute atomic E-state index is 0.563. The van der Waals surface area contributed by atoms with E-state index in [9.17, 15) is 28.9 Å². The van der Waals surface area contributed by atoms with Gasteiger partial charge in [-0.1, -0.05) is 0 Å². The first-order valence-electron chi connectivity index (χ1n) is 5.41. The van der Waals surface area contributed by atoms with Gasteiger partial charge in [-0.3, -0.25) is 19.7 Å². The summed E-state index contributed by atoms with van der Waals surface area (Å²) >= 11 is 0. The highest BCUT2D eigenvalue weighted by atomic mass is 19.1. The van der Waals surface area contributed by atoms with Crippen molar-refractivity contribution in [1.29, 1.82) is 0 Å². The average Bonchev–Trinajstić information content (AvgIpc) is 2.37. The van der Waals surface area contributed by atoms with Gasteiger partial charge < -0.3 is 15.5 Å². The first kappa shape index (κ1) is 16.0. The van der Waals surface area contributed by atoms with Gasteiger partial charge in [0.2, 0.25) is 0 Å². The van der Waals surface area contributed by atoms with Crippen LogP contribution in [-0.2, 0) is 9.59 Å². The molecule has 0 aromatic heterocycles. The Hall–Kier alpha value is -3.04. The lowest BCUT2D eigenvalue weighted by atomic mass is 10.1. The van der Waals surface area contributed by atoms with Crippen LogP contribution in [0.3, 0.4) is 0 Å². The number of carboxylic acid groups (broad SMARTS) is 2. The Kier molecular flexibility index (Phi) is 4.89. The molecule has 0 aliphatic carbocycles. The maximum absolute atomic E-state index is 13.5. The predicted molar refractivity (Wildman–Crippen MR) is 64.2 cm³/mol. The van der Waals surface area contributed by atoms with Crippen LogP contribution < -0.4 is 5.32 Å². The van der Waals surface area contributed by atoms with Gasteiger partial charge >= 0.3 is 11.9 Å². The lowest BCUT2D eigenvalue weighted by Gasteiger charge is -2.12. The van der Waals surface area contributed by atoms with Gasteiger partial charge in [0.25, 0.3) is 11.6 Å². The maximum atomic E-state index is 13.5. The van der Waals surface area contributed by atoms with Gasteiger partial charge in [-0.25, -0.2) is 9.18 Å². The van der Waals surface area contributed by atoms with Gasteiger partial charge in [0.1, 0.15) is 11.9 Å². The number of benzene rings is 1. The molecular weight excluding hydrogens is 291 g/mol. The molecule has 1 atom stereocenters. The van der Waals surface area contributed by atoms with Crippen molar-refractivity contribution in [2.24, 2.45) is 0 Å². The number of nitro benzene ring substituents is 1. The maximum Gasteiger partial charge on any atom is 0.326 e. The van der Waals surface area contributed by atoms with Crippen molar-refractivity contribution in [3.8, 4) is 0 Å². The van der Waals surface area contributed by atoms with E-state index < -0.39 is 52.3 Å². The van der Waals surface area contributed by atoms with Crippen LogP contribution >= 0.6 is 0 Å². The molecular formula is C11H9FN2O7. The largest absolute Gasteiger partial charge is 0.481 e. The van der Waals surface area contributed by atoms with E-state index in [2.05, 4.69) is 0 Å². The molecule has 1 aromatic rings. The lowest BCUT2D eigenvalue weighted by molar-refractivity contribution is -0.384. The van der Waals surface area contributed by atoms with Crippen LogP contribution in [0.1, 0.15) is 16.8 Å². The summed E-state index contributed by atoms with van der Waals surface area (Å²) in [5, 5.41) is 29.6. The molecule has 0 fully saturated rings. The third-order valence-electron chi connectivity index (χ3n) is 2.39. The highest BCUT2D eigenvalue weighted by molar-refractivity contribution is 5.98. The normalized spacial score (nSPS) is 11.5. The average molecular weight is 300 g/mol. The molecule has 0 bridgehead atoms. The molecule has 0 saturated heterocycles. The van der Waals surface area contributed by atoms with Gasteiger partial charge in [0.15, 0.2) is 0 Å². The van der Waals surface area contributed by atoms with Crippen molar-refractivity contribution >= 4 is 23.5 Å². The monoisotopic (exact) mass is 300 g/mol. The third kappa shape index (κ3) is 4.23. The highest BCUT2D eigenvalue weighted by Gasteiger charge is 2.25. The van der Waals surface area contributed by atoms with Gasteiger partial charge in [-0.2, -0.15) is 0 Å². The summed E-state index contributed by atoms with van der Waals surface area (Å²) in [6.45, 7) is 0. The summed E-state index contributed by atoms with van der Waals surface area (Å²) in [6, 6.07) is 0.358.